The van der Waals surface area contributed by atoms with Crippen molar-refractivity contribution in [3.63, 3.8) is 0 Å². The highest BCUT2D eigenvalue weighted by Gasteiger charge is 2.38. The Morgan fingerprint density at radius 2 is 1.86 bits per heavy atom. The van der Waals surface area contributed by atoms with Crippen LogP contribution in [0.15, 0.2) is 0 Å². The highest BCUT2D eigenvalue weighted by atomic mass is 16.6. The van der Waals surface area contributed by atoms with E-state index in [1.165, 1.54) is 6.92 Å². The maximum atomic E-state index is 11.7. The summed E-state index contributed by atoms with van der Waals surface area (Å²) in [5, 5.41) is 39.5. The molecule has 0 fully saturated rings. The van der Waals surface area contributed by atoms with Crippen molar-refractivity contribution in [1.82, 2.24) is 5.32 Å². The van der Waals surface area contributed by atoms with Gasteiger partial charge in [0.1, 0.15) is 30.6 Å². The van der Waals surface area contributed by atoms with Crippen LogP contribution in [0.4, 0.5) is 0 Å². The fourth-order valence-electron chi connectivity index (χ4n) is 1.52. The average molecular weight is 322 g/mol. The fourth-order valence-corrected chi connectivity index (χ4v) is 1.52. The number of aliphatic hydroxyl groups excluding tert-OH is 4. The van der Waals surface area contributed by atoms with Crippen molar-refractivity contribution in [3.8, 4) is 0 Å². The molecule has 0 saturated carbocycles. The number of hydrogen-bond donors (Lipinski definition) is 6. The number of carbonyl (C=O) groups is 3. The summed E-state index contributed by atoms with van der Waals surface area (Å²) in [7, 11) is 0. The molecule has 0 aromatic rings. The SMILES string of the molecule is CC(=O)N[C@@H](C=O)[C@@H](OC(=O)[C@@H](N)[C@@H](C)O)[C@@H](O)[C@H](O)CO. The van der Waals surface area contributed by atoms with Gasteiger partial charge in [0.25, 0.3) is 0 Å². The third-order valence-corrected chi connectivity index (χ3v) is 2.83. The van der Waals surface area contributed by atoms with E-state index in [1.54, 1.807) is 0 Å². The third-order valence-electron chi connectivity index (χ3n) is 2.83. The molecule has 0 heterocycles. The van der Waals surface area contributed by atoms with E-state index < -0.39 is 55.0 Å². The van der Waals surface area contributed by atoms with Gasteiger partial charge < -0.3 is 41.0 Å². The Hall–Kier alpha value is -1.59. The average Bonchev–Trinajstić information content (AvgIpc) is 2.47. The molecule has 7 N–H and O–H groups in total. The predicted molar refractivity (Wildman–Crippen MR) is 72.3 cm³/mol. The standard InChI is InChI=1S/C12H22N2O8/c1-5(17)9(13)12(21)22-11(10(20)8(19)4-16)7(3-15)14-6(2)18/h3,5,7-11,16-17,19-20H,4,13H2,1-2H3,(H,14,18)/t5-,7+,8-,9+,10+,11-/m1/s1. The van der Waals surface area contributed by atoms with Crippen molar-refractivity contribution in [1.29, 1.82) is 0 Å². The second kappa shape index (κ2) is 9.43. The van der Waals surface area contributed by atoms with E-state index in [0.717, 1.165) is 6.92 Å². The Bertz CT molecular complexity index is 389. The second-order valence-electron chi connectivity index (χ2n) is 4.77. The van der Waals surface area contributed by atoms with Gasteiger partial charge in [-0.15, -0.1) is 0 Å². The molecule has 0 bridgehead atoms. The lowest BCUT2D eigenvalue weighted by molar-refractivity contribution is -0.169. The van der Waals surface area contributed by atoms with Gasteiger partial charge >= 0.3 is 5.97 Å². The summed E-state index contributed by atoms with van der Waals surface area (Å²) < 4.78 is 4.82. The number of aliphatic hydroxyl groups is 4. The number of amides is 1. The van der Waals surface area contributed by atoms with Crippen LogP contribution in [0.5, 0.6) is 0 Å². The van der Waals surface area contributed by atoms with Crippen LogP contribution in [0.1, 0.15) is 13.8 Å². The smallest absolute Gasteiger partial charge is 0.326 e. The van der Waals surface area contributed by atoms with Gasteiger partial charge in [0.15, 0.2) is 6.10 Å². The molecule has 0 aliphatic carbocycles. The van der Waals surface area contributed by atoms with Crippen LogP contribution < -0.4 is 11.1 Å². The van der Waals surface area contributed by atoms with Crippen molar-refractivity contribution in [3.05, 3.63) is 0 Å². The van der Waals surface area contributed by atoms with Crippen molar-refractivity contribution >= 4 is 18.2 Å². The van der Waals surface area contributed by atoms with E-state index >= 15 is 0 Å². The van der Waals surface area contributed by atoms with Crippen LogP contribution in [0.2, 0.25) is 0 Å². The monoisotopic (exact) mass is 322 g/mol. The third kappa shape index (κ3) is 6.03. The maximum Gasteiger partial charge on any atom is 0.326 e. The Labute approximate surface area is 126 Å². The minimum atomic E-state index is -1.86. The number of ether oxygens (including phenoxy) is 1. The normalized spacial score (nSPS) is 19.2. The molecule has 0 rings (SSSR count). The summed E-state index contributed by atoms with van der Waals surface area (Å²) in [5.74, 6) is -1.80. The van der Waals surface area contributed by atoms with E-state index in [1.807, 2.05) is 0 Å². The molecule has 0 radical (unpaired) electrons. The van der Waals surface area contributed by atoms with Crippen LogP contribution in [-0.4, -0.2) is 81.7 Å². The van der Waals surface area contributed by atoms with Crippen molar-refractivity contribution in [2.45, 2.75) is 50.3 Å². The highest BCUT2D eigenvalue weighted by molar-refractivity contribution is 5.79. The molecule has 22 heavy (non-hydrogen) atoms. The molecule has 0 aliphatic rings. The van der Waals surface area contributed by atoms with Gasteiger partial charge in [-0.3, -0.25) is 9.59 Å². The summed E-state index contributed by atoms with van der Waals surface area (Å²) >= 11 is 0. The molecule has 1 amide bonds. The van der Waals surface area contributed by atoms with E-state index in [-0.39, 0.29) is 6.29 Å². The first kappa shape index (κ1) is 20.4. The molecule has 10 heteroatoms. The van der Waals surface area contributed by atoms with Gasteiger partial charge in [0.2, 0.25) is 5.91 Å². The number of rotatable bonds is 9. The number of aldehydes is 1. The molecular formula is C12H22N2O8. The van der Waals surface area contributed by atoms with Gasteiger partial charge in [-0.1, -0.05) is 0 Å². The largest absolute Gasteiger partial charge is 0.456 e. The Balaban J connectivity index is 5.27. The number of nitrogens with two attached hydrogens (primary N) is 1. The first-order chi connectivity index (χ1) is 10.1. The van der Waals surface area contributed by atoms with E-state index in [2.05, 4.69) is 5.32 Å². The lowest BCUT2D eigenvalue weighted by Crippen LogP contribution is -2.56. The molecule has 10 nitrogen and oxygen atoms in total. The zero-order valence-electron chi connectivity index (χ0n) is 12.2. The summed E-state index contributed by atoms with van der Waals surface area (Å²) in [6.45, 7) is 1.44. The molecule has 0 aliphatic heterocycles. The minimum absolute atomic E-state index is 0.195. The summed E-state index contributed by atoms with van der Waals surface area (Å²) in [6.07, 6.45) is -6.35. The quantitative estimate of drug-likeness (QED) is 0.182. The number of hydrogen-bond acceptors (Lipinski definition) is 9. The lowest BCUT2D eigenvalue weighted by atomic mass is 10.0. The predicted octanol–water partition coefficient (Wildman–Crippen LogP) is -3.98. The van der Waals surface area contributed by atoms with Gasteiger partial charge in [0, 0.05) is 6.92 Å². The summed E-state index contributed by atoms with van der Waals surface area (Å²) in [6, 6.07) is -2.93. The topological polar surface area (TPSA) is 179 Å². The van der Waals surface area contributed by atoms with E-state index in [4.69, 9.17) is 15.6 Å². The molecule has 6 atom stereocenters. The van der Waals surface area contributed by atoms with E-state index in [9.17, 15) is 29.7 Å². The molecule has 0 saturated heterocycles. The highest BCUT2D eigenvalue weighted by Crippen LogP contribution is 2.11. The van der Waals surface area contributed by atoms with Crippen molar-refractivity contribution in [2.75, 3.05) is 6.61 Å². The van der Waals surface area contributed by atoms with Gasteiger partial charge in [-0.2, -0.15) is 0 Å². The lowest BCUT2D eigenvalue weighted by Gasteiger charge is -2.31. The zero-order valence-corrected chi connectivity index (χ0v) is 12.2. The minimum Gasteiger partial charge on any atom is -0.456 e. The first-order valence-electron chi connectivity index (χ1n) is 6.49. The molecule has 128 valence electrons. The van der Waals surface area contributed by atoms with Crippen LogP contribution in [0, 0.1) is 0 Å². The summed E-state index contributed by atoms with van der Waals surface area (Å²) in [5.41, 5.74) is 5.37. The molecule has 0 unspecified atom stereocenters. The van der Waals surface area contributed by atoms with Crippen LogP contribution in [0.25, 0.3) is 0 Å². The molecule has 0 spiro atoms. The van der Waals surface area contributed by atoms with Gasteiger partial charge in [-0.05, 0) is 6.92 Å². The maximum absolute atomic E-state index is 11.7. The van der Waals surface area contributed by atoms with Crippen molar-refractivity contribution in [2.24, 2.45) is 5.73 Å². The van der Waals surface area contributed by atoms with Crippen molar-refractivity contribution < 1.29 is 39.5 Å². The summed E-state index contributed by atoms with van der Waals surface area (Å²) in [4.78, 5) is 33.8. The number of carbonyl (C=O) groups excluding carboxylic acids is 3. The van der Waals surface area contributed by atoms with Gasteiger partial charge in [-0.25, -0.2) is 0 Å². The zero-order chi connectivity index (χ0) is 17.4. The van der Waals surface area contributed by atoms with E-state index in [0.29, 0.717) is 0 Å². The second-order valence-corrected chi connectivity index (χ2v) is 4.77. The fraction of sp³-hybridized carbons (Fsp3) is 0.750. The first-order valence-corrected chi connectivity index (χ1v) is 6.49. The molecule has 0 aromatic carbocycles. The Morgan fingerprint density at radius 3 is 2.23 bits per heavy atom. The Kier molecular flexibility index (Phi) is 8.75. The molecular weight excluding hydrogens is 300 g/mol. The van der Waals surface area contributed by atoms with Gasteiger partial charge in [0.05, 0.1) is 12.7 Å². The van der Waals surface area contributed by atoms with Crippen LogP contribution >= 0.6 is 0 Å². The number of esters is 1. The molecule has 0 aromatic heterocycles. The Morgan fingerprint density at radius 1 is 1.32 bits per heavy atom. The van der Waals surface area contributed by atoms with Crippen LogP contribution in [-0.2, 0) is 19.1 Å². The van der Waals surface area contributed by atoms with Crippen LogP contribution in [0.3, 0.4) is 0 Å². The number of nitrogens with one attached hydrogen (secondary N) is 1.